The molecule has 0 amide bonds. The molecule has 2 heterocycles. The SMILES string of the molecule is O=C(/C=C/c1cc(Br)ccc1F)OCc1nc(-c2ccsc2)no1. The topological polar surface area (TPSA) is 65.2 Å². The maximum atomic E-state index is 13.6. The van der Waals surface area contributed by atoms with Gasteiger partial charge in [-0.2, -0.15) is 16.3 Å². The number of nitrogens with zero attached hydrogens (tertiary/aromatic N) is 2. The molecule has 0 aliphatic heterocycles. The lowest BCUT2D eigenvalue weighted by molar-refractivity contribution is -0.139. The number of halogens is 2. The summed E-state index contributed by atoms with van der Waals surface area (Å²) in [5, 5.41) is 7.59. The molecule has 0 atom stereocenters. The number of carbonyl (C=O) groups excluding carboxylic acids is 1. The number of hydrogen-bond donors (Lipinski definition) is 0. The lowest BCUT2D eigenvalue weighted by atomic mass is 10.2. The number of benzene rings is 1. The number of rotatable bonds is 5. The third-order valence-corrected chi connectivity index (χ3v) is 4.12. The molecule has 0 saturated carbocycles. The van der Waals surface area contributed by atoms with E-state index in [0.717, 1.165) is 11.6 Å². The van der Waals surface area contributed by atoms with Crippen molar-refractivity contribution < 1.29 is 18.4 Å². The van der Waals surface area contributed by atoms with Crippen LogP contribution >= 0.6 is 27.3 Å². The molecule has 0 spiro atoms. The monoisotopic (exact) mass is 408 g/mol. The van der Waals surface area contributed by atoms with Gasteiger partial charge in [-0.25, -0.2) is 9.18 Å². The van der Waals surface area contributed by atoms with E-state index in [1.165, 1.54) is 23.5 Å². The Labute approximate surface area is 148 Å². The quantitative estimate of drug-likeness (QED) is 0.460. The fourth-order valence-electron chi connectivity index (χ4n) is 1.80. The number of ether oxygens (including phenoxy) is 1. The normalized spacial score (nSPS) is 11.1. The maximum Gasteiger partial charge on any atom is 0.331 e. The molecule has 24 heavy (non-hydrogen) atoms. The summed E-state index contributed by atoms with van der Waals surface area (Å²) in [4.78, 5) is 15.8. The third kappa shape index (κ3) is 4.15. The van der Waals surface area contributed by atoms with E-state index in [9.17, 15) is 9.18 Å². The highest BCUT2D eigenvalue weighted by atomic mass is 79.9. The molecule has 3 rings (SSSR count). The van der Waals surface area contributed by atoms with Crippen LogP contribution in [-0.4, -0.2) is 16.1 Å². The van der Waals surface area contributed by atoms with Crippen molar-refractivity contribution in [2.45, 2.75) is 6.61 Å². The number of aromatic nitrogens is 2. The van der Waals surface area contributed by atoms with Gasteiger partial charge in [-0.3, -0.25) is 0 Å². The Morgan fingerprint density at radius 2 is 2.29 bits per heavy atom. The molecule has 0 radical (unpaired) electrons. The number of thiophene rings is 1. The Hall–Kier alpha value is -2.32. The van der Waals surface area contributed by atoms with E-state index in [2.05, 4.69) is 26.1 Å². The summed E-state index contributed by atoms with van der Waals surface area (Å²) in [5.74, 6) is -0.440. The van der Waals surface area contributed by atoms with Crippen molar-refractivity contribution in [3.8, 4) is 11.4 Å². The zero-order valence-electron chi connectivity index (χ0n) is 12.1. The molecule has 0 bridgehead atoms. The lowest BCUT2D eigenvalue weighted by Crippen LogP contribution is -2.01. The van der Waals surface area contributed by atoms with Gasteiger partial charge in [0.25, 0.3) is 5.89 Å². The highest BCUT2D eigenvalue weighted by molar-refractivity contribution is 9.10. The van der Waals surface area contributed by atoms with E-state index < -0.39 is 11.8 Å². The molecule has 8 heteroatoms. The van der Waals surface area contributed by atoms with E-state index in [1.807, 2.05) is 16.8 Å². The average Bonchev–Trinajstić information content (AvgIpc) is 3.24. The molecular weight excluding hydrogens is 399 g/mol. The molecule has 0 saturated heterocycles. The van der Waals surface area contributed by atoms with Crippen LogP contribution in [0.3, 0.4) is 0 Å². The summed E-state index contributed by atoms with van der Waals surface area (Å²) in [7, 11) is 0. The largest absolute Gasteiger partial charge is 0.452 e. The fraction of sp³-hybridized carbons (Fsp3) is 0.0625. The van der Waals surface area contributed by atoms with Gasteiger partial charge >= 0.3 is 5.97 Å². The predicted molar refractivity (Wildman–Crippen MR) is 90.5 cm³/mol. The van der Waals surface area contributed by atoms with Gasteiger partial charge in [-0.15, -0.1) is 0 Å². The Morgan fingerprint density at radius 1 is 1.42 bits per heavy atom. The summed E-state index contributed by atoms with van der Waals surface area (Å²) in [6.45, 7) is -0.152. The Kier molecular flexibility index (Phi) is 5.17. The van der Waals surface area contributed by atoms with Crippen molar-refractivity contribution in [1.29, 1.82) is 0 Å². The van der Waals surface area contributed by atoms with Crippen molar-refractivity contribution in [3.63, 3.8) is 0 Å². The Balaban J connectivity index is 1.58. The van der Waals surface area contributed by atoms with E-state index >= 15 is 0 Å². The molecule has 1 aromatic carbocycles. The molecule has 0 fully saturated rings. The minimum Gasteiger partial charge on any atom is -0.452 e. The molecule has 122 valence electrons. The van der Waals surface area contributed by atoms with Crippen molar-refractivity contribution >= 4 is 39.3 Å². The average molecular weight is 409 g/mol. The second-order valence-electron chi connectivity index (χ2n) is 4.63. The van der Waals surface area contributed by atoms with Gasteiger partial charge in [0.1, 0.15) is 5.82 Å². The first kappa shape index (κ1) is 16.5. The summed E-state index contributed by atoms with van der Waals surface area (Å²) >= 11 is 4.76. The second kappa shape index (κ2) is 7.50. The maximum absolute atomic E-state index is 13.6. The molecule has 0 unspecified atom stereocenters. The molecule has 5 nitrogen and oxygen atoms in total. The third-order valence-electron chi connectivity index (χ3n) is 2.94. The first-order valence-corrected chi connectivity index (χ1v) is 8.50. The van der Waals surface area contributed by atoms with Gasteiger partial charge < -0.3 is 9.26 Å². The van der Waals surface area contributed by atoms with Crippen LogP contribution in [0.25, 0.3) is 17.5 Å². The molecule has 0 N–H and O–H groups in total. The van der Waals surface area contributed by atoms with Crippen LogP contribution in [0, 0.1) is 5.82 Å². The molecular formula is C16H10BrFN2O3S. The van der Waals surface area contributed by atoms with Gasteiger partial charge in [-0.1, -0.05) is 21.1 Å². The van der Waals surface area contributed by atoms with E-state index in [4.69, 9.17) is 9.26 Å². The molecule has 3 aromatic rings. The Bertz CT molecular complexity index is 877. The van der Waals surface area contributed by atoms with Gasteiger partial charge in [0.15, 0.2) is 6.61 Å². The number of esters is 1. The number of carbonyl (C=O) groups is 1. The van der Waals surface area contributed by atoms with Crippen LogP contribution in [0.4, 0.5) is 4.39 Å². The van der Waals surface area contributed by atoms with Crippen molar-refractivity contribution in [2.24, 2.45) is 0 Å². The van der Waals surface area contributed by atoms with Gasteiger partial charge in [0, 0.05) is 27.1 Å². The standard InChI is InChI=1S/C16H10BrFN2O3S/c17-12-2-3-13(18)10(7-12)1-4-15(21)22-8-14-19-16(20-23-14)11-5-6-24-9-11/h1-7,9H,8H2/b4-1+. The summed E-state index contributed by atoms with van der Waals surface area (Å²) in [5.41, 5.74) is 1.12. The van der Waals surface area contributed by atoms with Crippen LogP contribution in [0.5, 0.6) is 0 Å². The summed E-state index contributed by atoms with van der Waals surface area (Å²) in [6.07, 6.45) is 2.48. The minimum absolute atomic E-state index is 0.152. The van der Waals surface area contributed by atoms with Crippen LogP contribution in [-0.2, 0) is 16.1 Å². The highest BCUT2D eigenvalue weighted by Gasteiger charge is 2.10. The highest BCUT2D eigenvalue weighted by Crippen LogP contribution is 2.19. The first-order chi connectivity index (χ1) is 11.6. The van der Waals surface area contributed by atoms with Crippen molar-refractivity contribution in [3.05, 3.63) is 62.8 Å². The second-order valence-corrected chi connectivity index (χ2v) is 6.33. The van der Waals surface area contributed by atoms with Crippen LogP contribution in [0.2, 0.25) is 0 Å². The van der Waals surface area contributed by atoms with Crippen LogP contribution in [0.1, 0.15) is 11.5 Å². The van der Waals surface area contributed by atoms with Gasteiger partial charge in [-0.05, 0) is 35.7 Å². The minimum atomic E-state index is -0.635. The zero-order chi connectivity index (χ0) is 16.9. The molecule has 0 aliphatic carbocycles. The summed E-state index contributed by atoms with van der Waals surface area (Å²) in [6, 6.07) is 6.30. The van der Waals surface area contributed by atoms with Gasteiger partial charge in [0.2, 0.25) is 5.82 Å². The van der Waals surface area contributed by atoms with E-state index in [0.29, 0.717) is 10.3 Å². The van der Waals surface area contributed by atoms with Crippen molar-refractivity contribution in [2.75, 3.05) is 0 Å². The van der Waals surface area contributed by atoms with Crippen LogP contribution < -0.4 is 0 Å². The van der Waals surface area contributed by atoms with Crippen molar-refractivity contribution in [1.82, 2.24) is 10.1 Å². The fourth-order valence-corrected chi connectivity index (χ4v) is 2.82. The number of hydrogen-bond acceptors (Lipinski definition) is 6. The van der Waals surface area contributed by atoms with E-state index in [-0.39, 0.29) is 18.1 Å². The first-order valence-electron chi connectivity index (χ1n) is 6.77. The Morgan fingerprint density at radius 3 is 3.08 bits per heavy atom. The lowest BCUT2D eigenvalue weighted by Gasteiger charge is -1.99. The van der Waals surface area contributed by atoms with Crippen LogP contribution in [0.15, 0.2) is 50.1 Å². The zero-order valence-corrected chi connectivity index (χ0v) is 14.5. The smallest absolute Gasteiger partial charge is 0.331 e. The molecule has 0 aliphatic rings. The van der Waals surface area contributed by atoms with E-state index in [1.54, 1.807) is 12.1 Å². The van der Waals surface area contributed by atoms with Gasteiger partial charge in [0.05, 0.1) is 0 Å². The summed E-state index contributed by atoms with van der Waals surface area (Å²) < 4.78 is 24.3. The predicted octanol–water partition coefficient (Wildman–Crippen LogP) is 4.46. The molecule has 2 aromatic heterocycles.